The molecule has 0 bridgehead atoms. The van der Waals surface area contributed by atoms with Crippen molar-refractivity contribution in [3.63, 3.8) is 0 Å². The number of halogens is 4. The van der Waals surface area contributed by atoms with Crippen LogP contribution in [0.5, 0.6) is 0 Å². The van der Waals surface area contributed by atoms with E-state index in [1.165, 1.54) is 24.1 Å². The minimum atomic E-state index is -0.548. The van der Waals surface area contributed by atoms with Crippen LogP contribution in [-0.2, 0) is 4.79 Å². The number of benzene rings is 2. The third kappa shape index (κ3) is 4.69. The van der Waals surface area contributed by atoms with Crippen LogP contribution in [0.25, 0.3) is 0 Å². The molecule has 0 fully saturated rings. The van der Waals surface area contributed by atoms with Crippen molar-refractivity contribution in [1.29, 1.82) is 0 Å². The van der Waals surface area contributed by atoms with E-state index in [0.717, 1.165) is 6.07 Å². The Kier molecular flexibility index (Phi) is 6.21. The number of nitrogens with one attached hydrogen (secondary N) is 1. The molecule has 0 aliphatic heterocycles. The standard InChI is InChI=1S/C16H12BrCl2FN2O2/c1-22(16(24)9-5-10(17)7-11(20)6-9)8-14(23)21-15-12(18)3-2-4-13(15)19/h2-7H,8H2,1H3,(H,21,23). The number of para-hydroxylation sites is 1. The van der Waals surface area contributed by atoms with Gasteiger partial charge in [-0.25, -0.2) is 4.39 Å². The van der Waals surface area contributed by atoms with Crippen LogP contribution in [0.15, 0.2) is 40.9 Å². The Hall–Kier alpha value is -1.63. The van der Waals surface area contributed by atoms with Crippen LogP contribution in [0.4, 0.5) is 10.1 Å². The van der Waals surface area contributed by atoms with E-state index in [1.807, 2.05) is 0 Å². The largest absolute Gasteiger partial charge is 0.332 e. The van der Waals surface area contributed by atoms with Gasteiger partial charge in [0.25, 0.3) is 5.91 Å². The van der Waals surface area contributed by atoms with Crippen molar-refractivity contribution in [2.75, 3.05) is 18.9 Å². The van der Waals surface area contributed by atoms with Gasteiger partial charge in [-0.15, -0.1) is 0 Å². The topological polar surface area (TPSA) is 49.4 Å². The first-order chi connectivity index (χ1) is 11.3. The van der Waals surface area contributed by atoms with E-state index >= 15 is 0 Å². The van der Waals surface area contributed by atoms with E-state index in [4.69, 9.17) is 23.2 Å². The van der Waals surface area contributed by atoms with Crippen LogP contribution < -0.4 is 5.32 Å². The number of carbonyl (C=O) groups is 2. The fourth-order valence-corrected chi connectivity index (χ4v) is 2.94. The normalized spacial score (nSPS) is 10.4. The highest BCUT2D eigenvalue weighted by Gasteiger charge is 2.17. The van der Waals surface area contributed by atoms with E-state index in [9.17, 15) is 14.0 Å². The summed E-state index contributed by atoms with van der Waals surface area (Å²) in [7, 11) is 1.44. The SMILES string of the molecule is CN(CC(=O)Nc1c(Cl)cccc1Cl)C(=O)c1cc(F)cc(Br)c1. The van der Waals surface area contributed by atoms with Gasteiger partial charge in [0.1, 0.15) is 5.82 Å². The molecule has 4 nitrogen and oxygen atoms in total. The molecule has 0 radical (unpaired) electrons. The molecule has 8 heteroatoms. The molecule has 0 atom stereocenters. The van der Waals surface area contributed by atoms with Crippen LogP contribution in [0.2, 0.25) is 10.0 Å². The zero-order chi connectivity index (χ0) is 17.9. The molecule has 0 aliphatic carbocycles. The lowest BCUT2D eigenvalue weighted by atomic mass is 10.2. The Balaban J connectivity index is 2.07. The second-order valence-corrected chi connectivity index (χ2v) is 6.69. The number of nitrogens with zero attached hydrogens (tertiary/aromatic N) is 1. The van der Waals surface area contributed by atoms with Crippen molar-refractivity contribution in [1.82, 2.24) is 4.90 Å². The summed E-state index contributed by atoms with van der Waals surface area (Å²) in [5.41, 5.74) is 0.410. The van der Waals surface area contributed by atoms with E-state index in [0.29, 0.717) is 14.5 Å². The average Bonchev–Trinajstić information content (AvgIpc) is 2.49. The van der Waals surface area contributed by atoms with Gasteiger partial charge in [-0.3, -0.25) is 9.59 Å². The van der Waals surface area contributed by atoms with Crippen LogP contribution in [0.3, 0.4) is 0 Å². The lowest BCUT2D eigenvalue weighted by molar-refractivity contribution is -0.116. The van der Waals surface area contributed by atoms with Gasteiger partial charge >= 0.3 is 0 Å². The first-order valence-electron chi connectivity index (χ1n) is 6.73. The highest BCUT2D eigenvalue weighted by atomic mass is 79.9. The number of rotatable bonds is 4. The molecule has 0 spiro atoms. The second-order valence-electron chi connectivity index (χ2n) is 4.96. The summed E-state index contributed by atoms with van der Waals surface area (Å²) in [6, 6.07) is 8.64. The average molecular weight is 434 g/mol. The summed E-state index contributed by atoms with van der Waals surface area (Å²) < 4.78 is 13.8. The Bertz CT molecular complexity index is 761. The molecule has 0 heterocycles. The van der Waals surface area contributed by atoms with Gasteiger partial charge in [-0.2, -0.15) is 0 Å². The van der Waals surface area contributed by atoms with Crippen molar-refractivity contribution in [2.24, 2.45) is 0 Å². The van der Waals surface area contributed by atoms with Gasteiger partial charge in [-0.05, 0) is 30.3 Å². The van der Waals surface area contributed by atoms with Crippen molar-refractivity contribution >= 4 is 56.6 Å². The van der Waals surface area contributed by atoms with Gasteiger partial charge in [0.15, 0.2) is 0 Å². The minimum Gasteiger partial charge on any atom is -0.332 e. The minimum absolute atomic E-state index is 0.132. The molecule has 0 aliphatic rings. The van der Waals surface area contributed by atoms with Crippen LogP contribution in [0, 0.1) is 5.82 Å². The molecule has 2 aromatic carbocycles. The molecule has 0 saturated carbocycles. The van der Waals surface area contributed by atoms with Crippen molar-refractivity contribution in [3.05, 3.63) is 62.3 Å². The van der Waals surface area contributed by atoms with Crippen molar-refractivity contribution in [2.45, 2.75) is 0 Å². The summed E-state index contributed by atoms with van der Waals surface area (Å²) in [5, 5.41) is 3.14. The number of hydrogen-bond acceptors (Lipinski definition) is 2. The Labute approximate surface area is 156 Å². The maximum absolute atomic E-state index is 13.4. The van der Waals surface area contributed by atoms with Crippen LogP contribution >= 0.6 is 39.1 Å². The third-order valence-corrected chi connectivity index (χ3v) is 4.15. The summed E-state index contributed by atoms with van der Waals surface area (Å²) in [5.74, 6) is -1.51. The van der Waals surface area contributed by atoms with Gasteiger partial charge in [0.2, 0.25) is 5.91 Å². The Morgan fingerprint density at radius 1 is 1.21 bits per heavy atom. The van der Waals surface area contributed by atoms with Crippen molar-refractivity contribution < 1.29 is 14.0 Å². The predicted molar refractivity (Wildman–Crippen MR) is 96.2 cm³/mol. The number of carbonyl (C=O) groups excluding carboxylic acids is 2. The fourth-order valence-electron chi connectivity index (χ4n) is 1.98. The Morgan fingerprint density at radius 3 is 2.42 bits per heavy atom. The molecular formula is C16H12BrCl2FN2O2. The highest BCUT2D eigenvalue weighted by molar-refractivity contribution is 9.10. The lowest BCUT2D eigenvalue weighted by Crippen LogP contribution is -2.35. The highest BCUT2D eigenvalue weighted by Crippen LogP contribution is 2.29. The van der Waals surface area contributed by atoms with Crippen LogP contribution in [0.1, 0.15) is 10.4 Å². The quantitative estimate of drug-likeness (QED) is 0.765. The maximum Gasteiger partial charge on any atom is 0.254 e. The van der Waals surface area contributed by atoms with Crippen molar-refractivity contribution in [3.8, 4) is 0 Å². The molecule has 2 aromatic rings. The summed E-state index contributed by atoms with van der Waals surface area (Å²) >= 11 is 15.1. The van der Waals surface area contributed by atoms with E-state index in [-0.39, 0.29) is 17.8 Å². The number of anilines is 1. The lowest BCUT2D eigenvalue weighted by Gasteiger charge is -2.17. The fraction of sp³-hybridized carbons (Fsp3) is 0.125. The molecular weight excluding hydrogens is 422 g/mol. The second kappa shape index (κ2) is 7.96. The molecule has 0 aromatic heterocycles. The number of hydrogen-bond donors (Lipinski definition) is 1. The van der Waals surface area contributed by atoms with Gasteiger partial charge < -0.3 is 10.2 Å². The summed E-state index contributed by atoms with van der Waals surface area (Å²) in [6.45, 7) is -0.242. The van der Waals surface area contributed by atoms with E-state index in [1.54, 1.807) is 18.2 Å². The molecule has 2 amide bonds. The summed E-state index contributed by atoms with van der Waals surface area (Å²) in [4.78, 5) is 25.5. The smallest absolute Gasteiger partial charge is 0.254 e. The van der Waals surface area contributed by atoms with E-state index < -0.39 is 17.6 Å². The first-order valence-corrected chi connectivity index (χ1v) is 8.28. The molecule has 24 heavy (non-hydrogen) atoms. The molecule has 0 unspecified atom stereocenters. The number of amides is 2. The maximum atomic E-state index is 13.4. The molecule has 0 saturated heterocycles. The zero-order valence-electron chi connectivity index (χ0n) is 12.4. The Morgan fingerprint density at radius 2 is 1.83 bits per heavy atom. The molecule has 2 rings (SSSR count). The van der Waals surface area contributed by atoms with Gasteiger partial charge in [0.05, 0.1) is 22.3 Å². The molecule has 1 N–H and O–H groups in total. The summed E-state index contributed by atoms with van der Waals surface area (Å²) in [6.07, 6.45) is 0. The van der Waals surface area contributed by atoms with Crippen LogP contribution in [-0.4, -0.2) is 30.3 Å². The first kappa shape index (κ1) is 18.7. The monoisotopic (exact) mass is 432 g/mol. The van der Waals surface area contributed by atoms with E-state index in [2.05, 4.69) is 21.2 Å². The zero-order valence-corrected chi connectivity index (χ0v) is 15.5. The third-order valence-electron chi connectivity index (χ3n) is 3.06. The predicted octanol–water partition coefficient (Wildman–Crippen LogP) is 4.61. The van der Waals surface area contributed by atoms with Gasteiger partial charge in [0, 0.05) is 17.1 Å². The van der Waals surface area contributed by atoms with Gasteiger partial charge in [-0.1, -0.05) is 45.2 Å². The molecule has 126 valence electrons. The number of likely N-dealkylation sites (N-methyl/N-ethyl adjacent to an activating group) is 1.